The molecule has 0 aliphatic heterocycles. The molecule has 1 amide bonds. The van der Waals surface area contributed by atoms with E-state index in [0.29, 0.717) is 27.9 Å². The van der Waals surface area contributed by atoms with Crippen molar-refractivity contribution in [2.24, 2.45) is 0 Å². The van der Waals surface area contributed by atoms with Crippen molar-refractivity contribution in [3.63, 3.8) is 0 Å². The number of amides is 1. The number of benzene rings is 1. The number of carbonyl (C=O) groups is 2. The van der Waals surface area contributed by atoms with E-state index in [9.17, 15) is 9.59 Å². The molecule has 0 aliphatic rings. The Bertz CT molecular complexity index is 1130. The van der Waals surface area contributed by atoms with Crippen LogP contribution in [0.1, 0.15) is 38.3 Å². The molecule has 0 bridgehead atoms. The number of hydrogen-bond acceptors (Lipinski definition) is 8. The molecule has 2 heterocycles. The van der Waals surface area contributed by atoms with Crippen LogP contribution in [0.2, 0.25) is 0 Å². The number of rotatable bonds is 7. The van der Waals surface area contributed by atoms with Crippen molar-refractivity contribution in [2.75, 3.05) is 26.1 Å². The monoisotopic (exact) mass is 441 g/mol. The number of aryl methyl sites for hydroxylation is 2. The van der Waals surface area contributed by atoms with Crippen LogP contribution in [0.15, 0.2) is 30.3 Å². The van der Waals surface area contributed by atoms with Crippen molar-refractivity contribution >= 4 is 28.3 Å². The second kappa shape index (κ2) is 9.57. The van der Waals surface area contributed by atoms with Crippen LogP contribution in [0.25, 0.3) is 11.3 Å². The van der Waals surface area contributed by atoms with Gasteiger partial charge in [-0.1, -0.05) is 0 Å². The van der Waals surface area contributed by atoms with E-state index < -0.39 is 11.9 Å². The van der Waals surface area contributed by atoms with E-state index in [4.69, 9.17) is 14.2 Å². The lowest BCUT2D eigenvalue weighted by Crippen LogP contribution is -2.16. The van der Waals surface area contributed by atoms with Gasteiger partial charge in [0.25, 0.3) is 5.91 Å². The van der Waals surface area contributed by atoms with Crippen LogP contribution in [0, 0.1) is 13.8 Å². The van der Waals surface area contributed by atoms with Gasteiger partial charge < -0.3 is 14.2 Å². The van der Waals surface area contributed by atoms with Gasteiger partial charge in [-0.25, -0.2) is 14.8 Å². The molecule has 0 spiro atoms. The van der Waals surface area contributed by atoms with Crippen molar-refractivity contribution in [1.29, 1.82) is 0 Å². The fourth-order valence-electron chi connectivity index (χ4n) is 2.97. The zero-order valence-electron chi connectivity index (χ0n) is 17.9. The first-order valence-electron chi connectivity index (χ1n) is 9.53. The molecule has 2 aromatic heterocycles. The normalized spacial score (nSPS) is 10.5. The van der Waals surface area contributed by atoms with Crippen LogP contribution in [-0.4, -0.2) is 42.7 Å². The number of carbonyl (C=O) groups excluding carboxylic acids is 2. The maximum Gasteiger partial charge on any atom is 0.339 e. The number of thiazole rings is 1. The first kappa shape index (κ1) is 22.2. The molecule has 0 aliphatic carbocycles. The standard InChI is InChI=1S/C22H23N3O5S/c1-6-30-21(27)15-8-9-16(23-12(15)2)20(26)25-22-24-19(13(3)31-22)14-7-10-17(28-4)18(11-14)29-5/h7-11H,6H2,1-5H3,(H,24,25,26). The predicted molar refractivity (Wildman–Crippen MR) is 118 cm³/mol. The maximum absolute atomic E-state index is 12.7. The summed E-state index contributed by atoms with van der Waals surface area (Å²) in [6, 6.07) is 8.56. The Kier molecular flexibility index (Phi) is 6.86. The van der Waals surface area contributed by atoms with Gasteiger partial charge in [0.15, 0.2) is 16.6 Å². The van der Waals surface area contributed by atoms with E-state index in [1.54, 1.807) is 28.1 Å². The van der Waals surface area contributed by atoms with Crippen LogP contribution in [0.5, 0.6) is 11.5 Å². The highest BCUT2D eigenvalue weighted by molar-refractivity contribution is 7.16. The molecule has 1 N–H and O–H groups in total. The van der Waals surface area contributed by atoms with Gasteiger partial charge in [0.05, 0.1) is 37.8 Å². The summed E-state index contributed by atoms with van der Waals surface area (Å²) in [6.45, 7) is 5.59. The molecule has 3 rings (SSSR count). The highest BCUT2D eigenvalue weighted by Gasteiger charge is 2.18. The molecule has 31 heavy (non-hydrogen) atoms. The topological polar surface area (TPSA) is 99.6 Å². The molecule has 162 valence electrons. The van der Waals surface area contributed by atoms with Crippen molar-refractivity contribution in [3.8, 4) is 22.8 Å². The fraction of sp³-hybridized carbons (Fsp3) is 0.273. The van der Waals surface area contributed by atoms with E-state index in [2.05, 4.69) is 15.3 Å². The van der Waals surface area contributed by atoms with E-state index in [1.807, 2.05) is 25.1 Å². The molecular formula is C22H23N3O5S. The minimum atomic E-state index is -0.463. The Morgan fingerprint density at radius 3 is 2.42 bits per heavy atom. The Labute approximate surface area is 184 Å². The summed E-state index contributed by atoms with van der Waals surface area (Å²) in [6.07, 6.45) is 0. The second-order valence-corrected chi connectivity index (χ2v) is 7.70. The maximum atomic E-state index is 12.7. The lowest BCUT2D eigenvalue weighted by atomic mass is 10.1. The van der Waals surface area contributed by atoms with Crippen LogP contribution in [0.3, 0.4) is 0 Å². The number of methoxy groups -OCH3 is 2. The third-order valence-electron chi connectivity index (χ3n) is 4.49. The number of pyridine rings is 1. The van der Waals surface area contributed by atoms with Gasteiger partial charge in [0, 0.05) is 10.4 Å². The zero-order chi connectivity index (χ0) is 22.5. The number of hydrogen-bond donors (Lipinski definition) is 1. The summed E-state index contributed by atoms with van der Waals surface area (Å²) in [4.78, 5) is 34.3. The molecule has 0 saturated heterocycles. The number of esters is 1. The highest BCUT2D eigenvalue weighted by atomic mass is 32.1. The van der Waals surface area contributed by atoms with Gasteiger partial charge in [-0.2, -0.15) is 0 Å². The third-order valence-corrected chi connectivity index (χ3v) is 5.37. The van der Waals surface area contributed by atoms with Crippen LogP contribution < -0.4 is 14.8 Å². The molecule has 0 atom stereocenters. The van der Waals surface area contributed by atoms with Crippen molar-refractivity contribution in [3.05, 3.63) is 52.2 Å². The molecular weight excluding hydrogens is 418 g/mol. The summed E-state index contributed by atoms with van der Waals surface area (Å²) in [5, 5.41) is 3.22. The van der Waals surface area contributed by atoms with Crippen molar-refractivity contribution < 1.29 is 23.8 Å². The summed E-state index contributed by atoms with van der Waals surface area (Å²) >= 11 is 1.36. The summed E-state index contributed by atoms with van der Waals surface area (Å²) < 4.78 is 15.6. The Morgan fingerprint density at radius 2 is 1.77 bits per heavy atom. The lowest BCUT2D eigenvalue weighted by molar-refractivity contribution is 0.0524. The fourth-order valence-corrected chi connectivity index (χ4v) is 3.81. The van der Waals surface area contributed by atoms with Gasteiger partial charge in [-0.05, 0) is 51.1 Å². The van der Waals surface area contributed by atoms with Crippen LogP contribution in [0.4, 0.5) is 5.13 Å². The van der Waals surface area contributed by atoms with Crippen molar-refractivity contribution in [1.82, 2.24) is 9.97 Å². The molecule has 0 radical (unpaired) electrons. The zero-order valence-corrected chi connectivity index (χ0v) is 18.8. The number of anilines is 1. The number of nitrogens with zero attached hydrogens (tertiary/aromatic N) is 2. The van der Waals surface area contributed by atoms with Gasteiger partial charge in [-0.15, -0.1) is 11.3 Å². The lowest BCUT2D eigenvalue weighted by Gasteiger charge is -2.09. The minimum Gasteiger partial charge on any atom is -0.493 e. The Hall–Kier alpha value is -3.46. The molecule has 9 heteroatoms. The molecule has 3 aromatic rings. The average molecular weight is 442 g/mol. The largest absolute Gasteiger partial charge is 0.493 e. The van der Waals surface area contributed by atoms with Crippen molar-refractivity contribution in [2.45, 2.75) is 20.8 Å². The van der Waals surface area contributed by atoms with E-state index in [-0.39, 0.29) is 12.3 Å². The molecule has 0 unspecified atom stereocenters. The van der Waals surface area contributed by atoms with E-state index in [1.165, 1.54) is 23.5 Å². The van der Waals surface area contributed by atoms with Gasteiger partial charge >= 0.3 is 5.97 Å². The minimum absolute atomic E-state index is 0.186. The number of aromatic nitrogens is 2. The van der Waals surface area contributed by atoms with E-state index >= 15 is 0 Å². The highest BCUT2D eigenvalue weighted by Crippen LogP contribution is 2.36. The molecule has 0 fully saturated rings. The Morgan fingerprint density at radius 1 is 1.03 bits per heavy atom. The second-order valence-electron chi connectivity index (χ2n) is 6.50. The number of ether oxygens (including phenoxy) is 3. The summed E-state index contributed by atoms with van der Waals surface area (Å²) in [7, 11) is 3.15. The molecule has 8 nitrogen and oxygen atoms in total. The third kappa shape index (κ3) is 4.83. The quantitative estimate of drug-likeness (QED) is 0.547. The Balaban J connectivity index is 1.81. The van der Waals surface area contributed by atoms with Gasteiger partial charge in [-0.3, -0.25) is 10.1 Å². The smallest absolute Gasteiger partial charge is 0.339 e. The first-order chi connectivity index (χ1) is 14.9. The van der Waals surface area contributed by atoms with Crippen LogP contribution >= 0.6 is 11.3 Å². The van der Waals surface area contributed by atoms with E-state index in [0.717, 1.165) is 16.1 Å². The first-order valence-corrected chi connectivity index (χ1v) is 10.4. The van der Waals surface area contributed by atoms with Gasteiger partial charge in [0.2, 0.25) is 0 Å². The summed E-state index contributed by atoms with van der Waals surface area (Å²) in [5.41, 5.74) is 2.53. The molecule has 1 aromatic carbocycles. The number of nitrogens with one attached hydrogen (secondary N) is 1. The van der Waals surface area contributed by atoms with Gasteiger partial charge in [0.1, 0.15) is 5.69 Å². The predicted octanol–water partition coefficient (Wildman–Crippen LogP) is 4.27. The van der Waals surface area contributed by atoms with Crippen LogP contribution in [-0.2, 0) is 4.74 Å². The average Bonchev–Trinajstić information content (AvgIpc) is 3.12. The molecule has 0 saturated carbocycles. The summed E-state index contributed by atoms with van der Waals surface area (Å²) in [5.74, 6) is 0.348. The SMILES string of the molecule is CCOC(=O)c1ccc(C(=O)Nc2nc(-c3ccc(OC)c(OC)c3)c(C)s2)nc1C.